The van der Waals surface area contributed by atoms with Crippen LogP contribution in [0.3, 0.4) is 0 Å². The molecule has 2 aromatic rings. The Labute approximate surface area is 185 Å². The summed E-state index contributed by atoms with van der Waals surface area (Å²) in [5.41, 5.74) is 9.47. The summed E-state index contributed by atoms with van der Waals surface area (Å²) >= 11 is -2.97. The summed E-state index contributed by atoms with van der Waals surface area (Å²) < 4.78 is 1.30. The zero-order valence-corrected chi connectivity index (χ0v) is 22.0. The van der Waals surface area contributed by atoms with E-state index in [9.17, 15) is 0 Å². The van der Waals surface area contributed by atoms with E-state index in [0.29, 0.717) is 8.45 Å². The average Bonchev–Trinajstić information content (AvgIpc) is 3.20. The minimum atomic E-state index is -2.97. The van der Waals surface area contributed by atoms with Crippen molar-refractivity contribution < 1.29 is 14.0 Å². The smallest absolute Gasteiger partial charge is 0.147 e. The molecule has 0 aromatic heterocycles. The van der Waals surface area contributed by atoms with Crippen LogP contribution in [0.25, 0.3) is 12.2 Å². The molecule has 2 aliphatic rings. The molecular formula is C24H32Cl2SiTi. The van der Waals surface area contributed by atoms with Crippen LogP contribution in [-0.2, 0) is 14.0 Å². The van der Waals surface area contributed by atoms with Gasteiger partial charge in [-0.3, -0.25) is 0 Å². The first-order valence-electron chi connectivity index (χ1n) is 10.0. The van der Waals surface area contributed by atoms with E-state index in [1.54, 1.807) is 22.3 Å². The Balaban J connectivity index is 0.00000140. The van der Waals surface area contributed by atoms with Gasteiger partial charge in [-0.15, -0.1) is 24.8 Å². The third-order valence-electron chi connectivity index (χ3n) is 6.75. The molecule has 0 N–H and O–H groups in total. The zero-order chi connectivity index (χ0) is 18.6. The van der Waals surface area contributed by atoms with E-state index in [-0.39, 0.29) is 24.8 Å². The van der Waals surface area contributed by atoms with E-state index in [1.807, 2.05) is 0 Å². The molecule has 150 valence electrons. The summed E-state index contributed by atoms with van der Waals surface area (Å²) in [5.74, 6) is 0. The number of fused-ring (bicyclic) bond motifs is 2. The quantitative estimate of drug-likeness (QED) is 0.415. The first-order valence-corrected chi connectivity index (χ1v) is 19.0. The van der Waals surface area contributed by atoms with Gasteiger partial charge >= 0.3 is 161 Å². The molecule has 2 atom stereocenters. The van der Waals surface area contributed by atoms with Gasteiger partial charge in [0.05, 0.1) is 0 Å². The van der Waals surface area contributed by atoms with Crippen molar-refractivity contribution in [2.75, 3.05) is 0 Å². The summed E-state index contributed by atoms with van der Waals surface area (Å²) in [7, 11) is 2.42. The fourth-order valence-corrected chi connectivity index (χ4v) is 19.0. The van der Waals surface area contributed by atoms with Gasteiger partial charge in [0.1, 0.15) is 0 Å². The zero-order valence-electron chi connectivity index (χ0n) is 17.4. The monoisotopic (exact) mass is 466 g/mol. The van der Waals surface area contributed by atoms with Crippen LogP contribution < -0.4 is 0 Å². The molecule has 0 spiro atoms. The van der Waals surface area contributed by atoms with E-state index >= 15 is 0 Å². The van der Waals surface area contributed by atoms with Crippen LogP contribution in [0.2, 0.25) is 10.5 Å². The molecule has 0 saturated heterocycles. The van der Waals surface area contributed by atoms with Gasteiger partial charge in [0, 0.05) is 0 Å². The van der Waals surface area contributed by atoms with Gasteiger partial charge in [0.25, 0.3) is 0 Å². The molecule has 0 heterocycles. The minimum absolute atomic E-state index is 0. The molecule has 28 heavy (non-hydrogen) atoms. The normalized spacial score (nSPS) is 20.3. The van der Waals surface area contributed by atoms with Crippen molar-refractivity contribution in [3.63, 3.8) is 0 Å². The third kappa shape index (κ3) is 3.55. The molecule has 4 rings (SSSR count). The van der Waals surface area contributed by atoms with E-state index in [4.69, 9.17) is 0 Å². The molecule has 2 aromatic carbocycles. The summed E-state index contributed by atoms with van der Waals surface area (Å²) in [4.78, 5) is 0. The van der Waals surface area contributed by atoms with Gasteiger partial charge < -0.3 is 0 Å². The molecule has 4 heteroatoms. The van der Waals surface area contributed by atoms with Crippen molar-refractivity contribution in [3.05, 3.63) is 81.9 Å². The van der Waals surface area contributed by atoms with Crippen molar-refractivity contribution in [1.29, 1.82) is 0 Å². The Morgan fingerprint density at radius 3 is 1.43 bits per heavy atom. The average molecular weight is 467 g/mol. The number of hydrogen-bond donors (Lipinski definition) is 0. The van der Waals surface area contributed by atoms with Crippen molar-refractivity contribution >= 4 is 44.6 Å². The number of benzene rings is 2. The van der Waals surface area contributed by atoms with Crippen LogP contribution >= 0.6 is 24.8 Å². The number of rotatable bonds is 4. The van der Waals surface area contributed by atoms with E-state index in [2.05, 4.69) is 92.6 Å². The molecule has 2 unspecified atom stereocenters. The molecule has 0 aliphatic heterocycles. The third-order valence-corrected chi connectivity index (χ3v) is 18.2. The van der Waals surface area contributed by atoms with Crippen LogP contribution in [-0.4, -0.2) is 7.63 Å². The Bertz CT molecular complexity index is 937. The van der Waals surface area contributed by atoms with Crippen LogP contribution in [0.4, 0.5) is 0 Å². The number of hydrogen-bond acceptors (Lipinski definition) is 0. The number of allylic oxidation sites excluding steroid dienone is 2. The SMILES string of the molecule is CCC1=Cc2ccccc2[CH]1[Ti]([CH3])([CH3])(=[SiH2])[CH]1C(CC)=Cc2ccccc21.Cl.Cl. The van der Waals surface area contributed by atoms with Gasteiger partial charge in [-0.05, 0) is 0 Å². The van der Waals surface area contributed by atoms with E-state index in [1.165, 1.54) is 11.1 Å². The molecule has 0 nitrogen and oxygen atoms in total. The maximum atomic E-state index is 2.71. The Morgan fingerprint density at radius 1 is 0.714 bits per heavy atom. The van der Waals surface area contributed by atoms with Crippen molar-refractivity contribution in [1.82, 2.24) is 0 Å². The summed E-state index contributed by atoms with van der Waals surface area (Å²) in [6.07, 6.45) is 7.33. The van der Waals surface area contributed by atoms with Crippen LogP contribution in [0, 0.1) is 0 Å². The molecule has 0 radical (unpaired) electrons. The molecule has 0 saturated carbocycles. The first kappa shape index (κ1) is 23.7. The van der Waals surface area contributed by atoms with Gasteiger partial charge in [-0.1, -0.05) is 0 Å². The largest absolute Gasteiger partial charge is 0.147 e. The Kier molecular flexibility index (Phi) is 7.01. The predicted octanol–water partition coefficient (Wildman–Crippen LogP) is 7.26. The predicted molar refractivity (Wildman–Crippen MR) is 130 cm³/mol. The first-order chi connectivity index (χ1) is 12.4. The van der Waals surface area contributed by atoms with Gasteiger partial charge in [-0.2, -0.15) is 0 Å². The number of halogens is 2. The maximum absolute atomic E-state index is 2.97. The van der Waals surface area contributed by atoms with Crippen molar-refractivity contribution in [3.8, 4) is 0 Å². The molecule has 0 bridgehead atoms. The van der Waals surface area contributed by atoms with E-state index in [0.717, 1.165) is 12.8 Å². The fraction of sp³-hybridized carbons (Fsp3) is 0.333. The molecular weight excluding hydrogens is 435 g/mol. The van der Waals surface area contributed by atoms with Gasteiger partial charge in [-0.25, -0.2) is 0 Å². The Hall–Kier alpha value is -0.569. The van der Waals surface area contributed by atoms with Crippen LogP contribution in [0.5, 0.6) is 0 Å². The second-order valence-corrected chi connectivity index (χ2v) is 29.4. The standard InChI is InChI=1S/2C11H11.2CH3.2ClH.H2Si.Ti/c2*1-2-9-7-10-5-3-4-6-11(10)8-9;;;;;;/h2*3-8H,2H2,1H3;2*1H3;2*1H;1H2;. The van der Waals surface area contributed by atoms with Gasteiger partial charge in [0.15, 0.2) is 0 Å². The van der Waals surface area contributed by atoms with Crippen molar-refractivity contribution in [2.24, 2.45) is 0 Å². The maximum Gasteiger partial charge on any atom is -0.147 e. The van der Waals surface area contributed by atoms with E-state index < -0.39 is 14.0 Å². The Morgan fingerprint density at radius 2 is 1.07 bits per heavy atom. The van der Waals surface area contributed by atoms with Crippen molar-refractivity contribution in [2.45, 2.75) is 45.6 Å². The minimum Gasteiger partial charge on any atom is -0.147 e. The second kappa shape index (κ2) is 8.28. The fourth-order valence-electron chi connectivity index (χ4n) is 5.79. The topological polar surface area (TPSA) is 0 Å². The summed E-state index contributed by atoms with van der Waals surface area (Å²) in [6.45, 7) is 4.69. The summed E-state index contributed by atoms with van der Waals surface area (Å²) in [5, 5.41) is 5.42. The summed E-state index contributed by atoms with van der Waals surface area (Å²) in [6, 6.07) is 18.3. The van der Waals surface area contributed by atoms with Crippen LogP contribution in [0.1, 0.15) is 57.4 Å². The molecule has 0 fully saturated rings. The second-order valence-electron chi connectivity index (χ2n) is 9.21. The van der Waals surface area contributed by atoms with Crippen LogP contribution in [0.15, 0.2) is 59.7 Å². The molecule has 2 aliphatic carbocycles. The van der Waals surface area contributed by atoms with Gasteiger partial charge in [0.2, 0.25) is 0 Å². The molecule has 0 amide bonds.